The van der Waals surface area contributed by atoms with E-state index in [2.05, 4.69) is 13.0 Å². The largest absolute Gasteiger partial charge is 0.493 e. The predicted octanol–water partition coefficient (Wildman–Crippen LogP) is 6.43. The van der Waals surface area contributed by atoms with Crippen molar-refractivity contribution in [1.82, 2.24) is 0 Å². The molecular weight excluding hydrogens is 532 g/mol. The number of aryl methyl sites for hydroxylation is 1. The van der Waals surface area contributed by atoms with Gasteiger partial charge in [-0.2, -0.15) is 5.26 Å². The first-order valence-electron chi connectivity index (χ1n) is 13.0. The fraction of sp³-hybridized carbons (Fsp3) is 0.290. The number of rotatable bonds is 11. The lowest BCUT2D eigenvalue weighted by Gasteiger charge is -2.27. The number of benzene rings is 3. The Hall–Kier alpha value is -4.35. The number of carbonyl (C=O) groups is 1. The molecule has 1 aliphatic heterocycles. The minimum Gasteiger partial charge on any atom is -0.493 e. The average molecular weight is 563 g/mol. The second-order valence-electron chi connectivity index (χ2n) is 9.26. The van der Waals surface area contributed by atoms with Crippen molar-refractivity contribution < 1.29 is 28.5 Å². The van der Waals surface area contributed by atoms with E-state index in [0.29, 0.717) is 40.2 Å². The fourth-order valence-electron chi connectivity index (χ4n) is 4.37. The maximum Gasteiger partial charge on any atom is 0.349 e. The first-order valence-corrected chi connectivity index (χ1v) is 13.3. The topological polar surface area (TPSA) is 113 Å². The van der Waals surface area contributed by atoms with E-state index in [1.54, 1.807) is 43.5 Å². The second-order valence-corrected chi connectivity index (χ2v) is 9.67. The number of esters is 1. The third kappa shape index (κ3) is 6.61. The number of unbranched alkanes of at least 4 members (excludes halogenated alkanes) is 2. The predicted molar refractivity (Wildman–Crippen MR) is 151 cm³/mol. The molecular formula is C31H31ClN2O6. The lowest BCUT2D eigenvalue weighted by atomic mass is 9.83. The number of carbonyl (C=O) groups excluding carboxylic acids is 1. The smallest absolute Gasteiger partial charge is 0.349 e. The van der Waals surface area contributed by atoms with Gasteiger partial charge in [-0.15, -0.1) is 0 Å². The molecule has 0 radical (unpaired) electrons. The van der Waals surface area contributed by atoms with Gasteiger partial charge >= 0.3 is 5.97 Å². The minimum atomic E-state index is -0.597. The lowest BCUT2D eigenvalue weighted by Crippen LogP contribution is -2.22. The average Bonchev–Trinajstić information content (AvgIpc) is 2.95. The number of fused-ring (bicyclic) bond motifs is 1. The maximum absolute atomic E-state index is 12.5. The number of hydrogen-bond acceptors (Lipinski definition) is 8. The van der Waals surface area contributed by atoms with E-state index in [-0.39, 0.29) is 23.8 Å². The summed E-state index contributed by atoms with van der Waals surface area (Å²) in [5.41, 5.74) is 8.73. The quantitative estimate of drug-likeness (QED) is 0.162. The molecule has 1 aliphatic rings. The second kappa shape index (κ2) is 13.1. The van der Waals surface area contributed by atoms with Gasteiger partial charge in [0.05, 0.1) is 19.6 Å². The Bertz CT molecular complexity index is 1460. The SMILES string of the molecule is CCCCCOc1ccc(C2C(C#N)=C(N)Oc3cc(OC(=O)COc4ccc(Cl)c(C)c4)ccc32)cc1OC. The molecule has 0 fully saturated rings. The maximum atomic E-state index is 12.5. The van der Waals surface area contributed by atoms with Crippen LogP contribution in [-0.2, 0) is 4.79 Å². The Morgan fingerprint density at radius 2 is 1.85 bits per heavy atom. The van der Waals surface area contributed by atoms with Gasteiger partial charge in [-0.1, -0.05) is 43.5 Å². The molecule has 0 bridgehead atoms. The van der Waals surface area contributed by atoms with Crippen molar-refractivity contribution in [3.05, 3.63) is 87.8 Å². The lowest BCUT2D eigenvalue weighted by molar-refractivity contribution is -0.136. The van der Waals surface area contributed by atoms with Gasteiger partial charge in [-0.25, -0.2) is 4.79 Å². The number of allylic oxidation sites excluding steroid dienone is 1. The molecule has 40 heavy (non-hydrogen) atoms. The summed E-state index contributed by atoms with van der Waals surface area (Å²) in [5, 5.41) is 10.5. The van der Waals surface area contributed by atoms with Crippen molar-refractivity contribution in [2.45, 2.75) is 39.0 Å². The van der Waals surface area contributed by atoms with Crippen LogP contribution in [0.4, 0.5) is 0 Å². The van der Waals surface area contributed by atoms with Crippen molar-refractivity contribution >= 4 is 17.6 Å². The van der Waals surface area contributed by atoms with Gasteiger partial charge in [0.15, 0.2) is 18.1 Å². The van der Waals surface area contributed by atoms with Crippen molar-refractivity contribution in [3.8, 4) is 34.8 Å². The molecule has 9 heteroatoms. The molecule has 0 amide bonds. The molecule has 0 aliphatic carbocycles. The number of nitriles is 1. The monoisotopic (exact) mass is 562 g/mol. The minimum absolute atomic E-state index is 0.0243. The normalized spacial score (nSPS) is 14.0. The Labute approximate surface area is 238 Å². The van der Waals surface area contributed by atoms with E-state index in [4.69, 9.17) is 41.0 Å². The highest BCUT2D eigenvalue weighted by Crippen LogP contribution is 2.45. The zero-order valence-electron chi connectivity index (χ0n) is 22.7. The third-order valence-electron chi connectivity index (χ3n) is 6.43. The fourth-order valence-corrected chi connectivity index (χ4v) is 4.49. The first-order chi connectivity index (χ1) is 19.3. The number of hydrogen-bond donors (Lipinski definition) is 1. The summed E-state index contributed by atoms with van der Waals surface area (Å²) in [4.78, 5) is 12.5. The number of nitrogens with zero attached hydrogens (tertiary/aromatic N) is 1. The summed E-state index contributed by atoms with van der Waals surface area (Å²) in [6.45, 7) is 4.28. The van der Waals surface area contributed by atoms with Crippen LogP contribution in [0.3, 0.4) is 0 Å². The summed E-state index contributed by atoms with van der Waals surface area (Å²) < 4.78 is 28.3. The van der Waals surface area contributed by atoms with E-state index in [1.165, 1.54) is 0 Å². The molecule has 0 spiro atoms. The molecule has 0 saturated carbocycles. The molecule has 4 rings (SSSR count). The molecule has 0 aromatic heterocycles. The van der Waals surface area contributed by atoms with Gasteiger partial charge in [0.1, 0.15) is 28.9 Å². The summed E-state index contributed by atoms with van der Waals surface area (Å²) in [6, 6.07) is 17.8. The number of ether oxygens (including phenoxy) is 5. The Kier molecular flexibility index (Phi) is 9.41. The number of halogens is 1. The van der Waals surface area contributed by atoms with Gasteiger partial charge in [0.2, 0.25) is 5.88 Å². The van der Waals surface area contributed by atoms with Crippen LogP contribution in [0.2, 0.25) is 5.02 Å². The zero-order chi connectivity index (χ0) is 28.6. The molecule has 0 saturated heterocycles. The van der Waals surface area contributed by atoms with Crippen LogP contribution in [0.5, 0.6) is 28.7 Å². The first kappa shape index (κ1) is 28.7. The number of nitrogens with two attached hydrogens (primary N) is 1. The van der Waals surface area contributed by atoms with Gasteiger partial charge in [-0.05, 0) is 60.9 Å². The molecule has 1 atom stereocenters. The molecule has 208 valence electrons. The van der Waals surface area contributed by atoms with Crippen molar-refractivity contribution in [2.75, 3.05) is 20.3 Å². The highest BCUT2D eigenvalue weighted by Gasteiger charge is 2.31. The van der Waals surface area contributed by atoms with Crippen molar-refractivity contribution in [1.29, 1.82) is 5.26 Å². The van der Waals surface area contributed by atoms with Crippen LogP contribution in [-0.4, -0.2) is 26.3 Å². The van der Waals surface area contributed by atoms with Gasteiger partial charge in [-0.3, -0.25) is 0 Å². The van der Waals surface area contributed by atoms with Crippen LogP contribution in [0.25, 0.3) is 0 Å². The Morgan fingerprint density at radius 1 is 1.05 bits per heavy atom. The highest BCUT2D eigenvalue weighted by molar-refractivity contribution is 6.31. The zero-order valence-corrected chi connectivity index (χ0v) is 23.4. The Morgan fingerprint density at radius 3 is 2.58 bits per heavy atom. The van der Waals surface area contributed by atoms with Crippen LogP contribution in [0.15, 0.2) is 66.1 Å². The molecule has 1 unspecified atom stereocenters. The molecule has 8 nitrogen and oxygen atoms in total. The van der Waals surface area contributed by atoms with Crippen molar-refractivity contribution in [2.24, 2.45) is 5.73 Å². The standard InChI is InChI=1S/C31H31ClN2O6/c1-4-5-6-13-37-26-12-7-20(15-28(26)36-3)30-23-10-8-22(16-27(23)40-31(34)24(30)17-33)39-29(35)18-38-21-9-11-25(32)19(2)14-21/h7-12,14-16,30H,4-6,13,18,34H2,1-3H3. The molecule has 3 aromatic rings. The van der Waals surface area contributed by atoms with Gasteiger partial charge in [0, 0.05) is 16.7 Å². The summed E-state index contributed by atoms with van der Waals surface area (Å²) in [7, 11) is 1.57. The van der Waals surface area contributed by atoms with E-state index in [9.17, 15) is 10.1 Å². The van der Waals surface area contributed by atoms with E-state index in [0.717, 1.165) is 30.4 Å². The van der Waals surface area contributed by atoms with Gasteiger partial charge in [0.25, 0.3) is 0 Å². The van der Waals surface area contributed by atoms with Crippen LogP contribution >= 0.6 is 11.6 Å². The molecule has 1 heterocycles. The van der Waals surface area contributed by atoms with Crippen molar-refractivity contribution in [3.63, 3.8) is 0 Å². The van der Waals surface area contributed by atoms with Crippen LogP contribution < -0.4 is 29.4 Å². The third-order valence-corrected chi connectivity index (χ3v) is 6.86. The molecule has 2 N–H and O–H groups in total. The van der Waals surface area contributed by atoms with Gasteiger partial charge < -0.3 is 29.4 Å². The highest BCUT2D eigenvalue weighted by atomic mass is 35.5. The molecule has 3 aromatic carbocycles. The van der Waals surface area contributed by atoms with Crippen LogP contribution in [0.1, 0.15) is 48.8 Å². The van der Waals surface area contributed by atoms with E-state index in [1.807, 2.05) is 25.1 Å². The van der Waals surface area contributed by atoms with E-state index >= 15 is 0 Å². The van der Waals surface area contributed by atoms with E-state index < -0.39 is 11.9 Å². The number of methoxy groups -OCH3 is 1. The summed E-state index contributed by atoms with van der Waals surface area (Å²) in [5.74, 6) is 1.18. The summed E-state index contributed by atoms with van der Waals surface area (Å²) >= 11 is 6.04. The summed E-state index contributed by atoms with van der Waals surface area (Å²) in [6.07, 6.45) is 3.14. The van der Waals surface area contributed by atoms with Crippen LogP contribution in [0, 0.1) is 18.3 Å². The Balaban J connectivity index is 1.53.